The Bertz CT molecular complexity index is 1770. The Morgan fingerprint density at radius 2 is 1.78 bits per heavy atom. The quantitative estimate of drug-likeness (QED) is 0.220. The van der Waals surface area contributed by atoms with Gasteiger partial charge in [0.05, 0.1) is 23.1 Å². The van der Waals surface area contributed by atoms with E-state index in [-0.39, 0.29) is 23.8 Å². The Hall–Kier alpha value is -4.41. The van der Waals surface area contributed by atoms with Gasteiger partial charge in [-0.3, -0.25) is 24.4 Å². The van der Waals surface area contributed by atoms with E-state index >= 15 is 0 Å². The Kier molecular flexibility index (Phi) is 7.96. The molecule has 0 amide bonds. The van der Waals surface area contributed by atoms with Gasteiger partial charge in [-0.05, 0) is 47.5 Å². The Morgan fingerprint density at radius 1 is 1.00 bits per heavy atom. The highest BCUT2D eigenvalue weighted by Crippen LogP contribution is 2.33. The number of carbonyl (C=O) groups excluding carboxylic acids is 2. The molecule has 0 radical (unpaired) electrons. The summed E-state index contributed by atoms with van der Waals surface area (Å²) < 4.78 is 3.38. The number of halogens is 1. The second-order valence-electron chi connectivity index (χ2n) is 10.4. The summed E-state index contributed by atoms with van der Waals surface area (Å²) in [7, 11) is 0. The highest BCUT2D eigenvalue weighted by atomic mass is 35.5. The summed E-state index contributed by atoms with van der Waals surface area (Å²) in [6.07, 6.45) is 7.94. The first-order valence-electron chi connectivity index (χ1n) is 12.8. The monoisotopic (exact) mass is 586 g/mol. The number of rotatable bonds is 8. The number of carbonyl (C=O) groups is 2. The van der Waals surface area contributed by atoms with E-state index in [1.165, 1.54) is 32.8 Å². The molecule has 5 rings (SSSR count). The molecule has 0 aliphatic rings. The van der Waals surface area contributed by atoms with Gasteiger partial charge >= 0.3 is 0 Å². The van der Waals surface area contributed by atoms with E-state index in [9.17, 15) is 14.4 Å². The molecule has 0 unspecified atom stereocenters. The van der Waals surface area contributed by atoms with E-state index in [1.54, 1.807) is 55.1 Å². The molecule has 0 spiro atoms. The fourth-order valence-corrected chi connectivity index (χ4v) is 5.21. The van der Waals surface area contributed by atoms with Gasteiger partial charge in [-0.25, -0.2) is 0 Å². The topological polar surface area (TPSA) is 112 Å². The van der Waals surface area contributed by atoms with Crippen LogP contribution in [0.2, 0.25) is 4.34 Å². The number of anilines is 1. The van der Waals surface area contributed by atoms with Crippen molar-refractivity contribution >= 4 is 40.4 Å². The Labute approximate surface area is 245 Å². The van der Waals surface area contributed by atoms with E-state index in [0.29, 0.717) is 39.1 Å². The van der Waals surface area contributed by atoms with Gasteiger partial charge in [-0.15, -0.1) is 11.3 Å². The third kappa shape index (κ3) is 6.34. The average Bonchev–Trinajstić information content (AvgIpc) is 3.58. The predicted molar refractivity (Wildman–Crippen MR) is 160 cm³/mol. The van der Waals surface area contributed by atoms with E-state index in [1.807, 2.05) is 32.9 Å². The van der Waals surface area contributed by atoms with Crippen LogP contribution in [0.5, 0.6) is 0 Å². The van der Waals surface area contributed by atoms with Gasteiger partial charge in [0.1, 0.15) is 5.82 Å². The van der Waals surface area contributed by atoms with Crippen molar-refractivity contribution in [2.75, 3.05) is 5.32 Å². The van der Waals surface area contributed by atoms with E-state index in [4.69, 9.17) is 16.7 Å². The van der Waals surface area contributed by atoms with Gasteiger partial charge < -0.3 is 9.88 Å². The average molecular weight is 587 g/mol. The maximum Gasteiger partial charge on any atom is 0.254 e. The zero-order valence-electron chi connectivity index (χ0n) is 22.7. The van der Waals surface area contributed by atoms with Crippen LogP contribution in [-0.4, -0.2) is 36.0 Å². The molecule has 5 aromatic heterocycles. The number of ketones is 1. The number of nitrogens with one attached hydrogen (secondary N) is 1. The van der Waals surface area contributed by atoms with Crippen LogP contribution in [0.25, 0.3) is 22.4 Å². The van der Waals surface area contributed by atoms with Gasteiger partial charge in [0.25, 0.3) is 11.5 Å². The smallest absolute Gasteiger partial charge is 0.254 e. The summed E-state index contributed by atoms with van der Waals surface area (Å²) in [6, 6.07) is 13.9. The standard InChI is InChI=1S/C30H27ClN6O3S/c1-30(2,3)29(40)37-27(34-16-21-6-7-26(31)41-21)14-24(35-37)23-17-36(18-25(38)20-5-4-10-33-15-20)28(39)13-22(23)19-8-11-32-12-9-19/h4-15,17,34H,16,18H2,1-3H3. The molecule has 11 heteroatoms. The van der Waals surface area contributed by atoms with Crippen LogP contribution in [0.4, 0.5) is 5.82 Å². The number of pyridine rings is 3. The van der Waals surface area contributed by atoms with Crippen LogP contribution >= 0.6 is 22.9 Å². The van der Waals surface area contributed by atoms with Gasteiger partial charge in [-0.2, -0.15) is 9.78 Å². The van der Waals surface area contributed by atoms with E-state index in [0.717, 1.165) is 10.4 Å². The van der Waals surface area contributed by atoms with Crippen LogP contribution in [0, 0.1) is 5.41 Å². The Balaban J connectivity index is 1.62. The van der Waals surface area contributed by atoms with Crippen LogP contribution < -0.4 is 10.9 Å². The minimum atomic E-state index is -0.713. The number of hydrogen-bond donors (Lipinski definition) is 1. The van der Waals surface area contributed by atoms with Gasteiger partial charge in [0.15, 0.2) is 5.78 Å². The third-order valence-electron chi connectivity index (χ3n) is 6.31. The predicted octanol–water partition coefficient (Wildman–Crippen LogP) is 6.07. The van der Waals surface area contributed by atoms with Crippen molar-refractivity contribution in [3.8, 4) is 22.4 Å². The summed E-state index contributed by atoms with van der Waals surface area (Å²) in [4.78, 5) is 48.7. The SMILES string of the molecule is CC(C)(C)C(=O)n1nc(-c2cn(CC(=O)c3cccnc3)c(=O)cc2-c2ccncc2)cc1NCc1ccc(Cl)s1. The Morgan fingerprint density at radius 3 is 2.44 bits per heavy atom. The van der Waals surface area contributed by atoms with Crippen molar-refractivity contribution < 1.29 is 9.59 Å². The van der Waals surface area contributed by atoms with Crippen molar-refractivity contribution in [3.05, 3.63) is 105 Å². The molecule has 0 atom stereocenters. The van der Waals surface area contributed by atoms with Crippen molar-refractivity contribution in [1.82, 2.24) is 24.3 Å². The minimum absolute atomic E-state index is 0.181. The largest absolute Gasteiger partial charge is 0.365 e. The first-order valence-corrected chi connectivity index (χ1v) is 14.0. The van der Waals surface area contributed by atoms with Gasteiger partial charge in [-0.1, -0.05) is 32.4 Å². The van der Waals surface area contributed by atoms with Crippen LogP contribution in [0.3, 0.4) is 0 Å². The molecule has 0 fully saturated rings. The van der Waals surface area contributed by atoms with Crippen molar-refractivity contribution in [1.29, 1.82) is 0 Å². The summed E-state index contributed by atoms with van der Waals surface area (Å²) >= 11 is 7.55. The summed E-state index contributed by atoms with van der Waals surface area (Å²) in [6.45, 7) is 5.74. The molecule has 0 aliphatic carbocycles. The maximum absolute atomic E-state index is 13.5. The molecule has 0 aromatic carbocycles. The molecular formula is C30H27ClN6O3S. The van der Waals surface area contributed by atoms with Gasteiger partial charge in [0, 0.05) is 64.5 Å². The highest BCUT2D eigenvalue weighted by molar-refractivity contribution is 7.16. The fraction of sp³-hybridized carbons (Fsp3) is 0.200. The number of thiophene rings is 1. The molecular weight excluding hydrogens is 560 g/mol. The zero-order valence-corrected chi connectivity index (χ0v) is 24.2. The number of hydrogen-bond acceptors (Lipinski definition) is 8. The molecule has 0 bridgehead atoms. The van der Waals surface area contributed by atoms with Crippen molar-refractivity contribution in [2.45, 2.75) is 33.9 Å². The zero-order chi connectivity index (χ0) is 29.1. The third-order valence-corrected chi connectivity index (χ3v) is 7.54. The molecule has 208 valence electrons. The minimum Gasteiger partial charge on any atom is -0.365 e. The molecule has 9 nitrogen and oxygen atoms in total. The summed E-state index contributed by atoms with van der Waals surface area (Å²) in [5.74, 6) is 0.0310. The number of nitrogens with zero attached hydrogens (tertiary/aromatic N) is 5. The first kappa shape index (κ1) is 28.1. The van der Waals surface area contributed by atoms with Crippen molar-refractivity contribution in [3.63, 3.8) is 0 Å². The summed E-state index contributed by atoms with van der Waals surface area (Å²) in [5, 5.41) is 8.03. The van der Waals surface area contributed by atoms with E-state index < -0.39 is 5.41 Å². The lowest BCUT2D eigenvalue weighted by Gasteiger charge is -2.18. The fourth-order valence-electron chi connectivity index (χ4n) is 4.18. The molecule has 0 saturated heterocycles. The van der Waals surface area contributed by atoms with Crippen LogP contribution in [0.15, 0.2) is 84.3 Å². The molecule has 0 aliphatic heterocycles. The number of Topliss-reactive ketones (excluding diaryl/α,β-unsaturated/α-hetero) is 1. The molecule has 41 heavy (non-hydrogen) atoms. The van der Waals surface area contributed by atoms with Crippen LogP contribution in [-0.2, 0) is 13.1 Å². The second kappa shape index (κ2) is 11.6. The first-order chi connectivity index (χ1) is 19.6. The lowest BCUT2D eigenvalue weighted by Crippen LogP contribution is -2.28. The van der Waals surface area contributed by atoms with Crippen molar-refractivity contribution in [2.24, 2.45) is 5.41 Å². The highest BCUT2D eigenvalue weighted by Gasteiger charge is 2.28. The number of aromatic nitrogens is 5. The summed E-state index contributed by atoms with van der Waals surface area (Å²) in [5.41, 5.74) is 1.73. The molecule has 1 N–H and O–H groups in total. The normalized spacial score (nSPS) is 11.4. The second-order valence-corrected chi connectivity index (χ2v) is 12.2. The molecule has 0 saturated carbocycles. The maximum atomic E-state index is 13.5. The van der Waals surface area contributed by atoms with Crippen LogP contribution in [0.1, 0.15) is 40.8 Å². The molecule has 5 aromatic rings. The molecule has 5 heterocycles. The lowest BCUT2D eigenvalue weighted by molar-refractivity contribution is 0.0752. The lowest BCUT2D eigenvalue weighted by atomic mass is 9.96. The van der Waals surface area contributed by atoms with E-state index in [2.05, 4.69) is 15.3 Å². The van der Waals surface area contributed by atoms with Gasteiger partial charge in [0.2, 0.25) is 0 Å².